The lowest BCUT2D eigenvalue weighted by molar-refractivity contribution is -0.132. The van der Waals surface area contributed by atoms with E-state index in [0.717, 1.165) is 31.1 Å². The first-order valence-corrected chi connectivity index (χ1v) is 9.50. The highest BCUT2D eigenvalue weighted by atomic mass is 32.2. The normalized spacial score (nSPS) is 17.1. The van der Waals surface area contributed by atoms with Gasteiger partial charge >= 0.3 is 0 Å². The minimum atomic E-state index is -3.53. The van der Waals surface area contributed by atoms with Crippen LogP contribution in [0.4, 0.5) is 5.69 Å². The van der Waals surface area contributed by atoms with Crippen LogP contribution in [0.2, 0.25) is 0 Å². The average molecular weight is 324 g/mol. The molecule has 122 valence electrons. The summed E-state index contributed by atoms with van der Waals surface area (Å²) < 4.78 is 25.6. The Morgan fingerprint density at radius 1 is 1.14 bits per heavy atom. The standard InChI is InChI=1S/C16H24N2O3S/c1-13-7-9-15(10-8-13)18(22(3,20)21)14(2)16(19)17-11-5-4-6-12-17/h7-10,14H,4-6,11-12H2,1-3H3/t14-/m1/s1. The second kappa shape index (κ2) is 6.69. The van der Waals surface area contributed by atoms with Gasteiger partial charge in [-0.2, -0.15) is 0 Å². The third kappa shape index (κ3) is 3.80. The van der Waals surface area contributed by atoms with Crippen molar-refractivity contribution in [3.8, 4) is 0 Å². The van der Waals surface area contributed by atoms with Crippen molar-refractivity contribution in [2.75, 3.05) is 23.7 Å². The van der Waals surface area contributed by atoms with Crippen LogP contribution in [0, 0.1) is 6.92 Å². The number of likely N-dealkylation sites (tertiary alicyclic amines) is 1. The van der Waals surface area contributed by atoms with Gasteiger partial charge in [0.1, 0.15) is 6.04 Å². The number of piperidine rings is 1. The van der Waals surface area contributed by atoms with Gasteiger partial charge in [0.05, 0.1) is 11.9 Å². The molecule has 2 rings (SSSR count). The van der Waals surface area contributed by atoms with Crippen molar-refractivity contribution >= 4 is 21.6 Å². The summed E-state index contributed by atoms with van der Waals surface area (Å²) in [5.41, 5.74) is 1.58. The lowest BCUT2D eigenvalue weighted by atomic mass is 10.1. The molecule has 0 saturated carbocycles. The predicted molar refractivity (Wildman–Crippen MR) is 88.4 cm³/mol. The second-order valence-corrected chi connectivity index (χ2v) is 7.82. The van der Waals surface area contributed by atoms with Crippen LogP contribution < -0.4 is 4.31 Å². The minimum absolute atomic E-state index is 0.120. The molecular formula is C16H24N2O3S. The van der Waals surface area contributed by atoms with Crippen LogP contribution >= 0.6 is 0 Å². The SMILES string of the molecule is Cc1ccc(N([C@H](C)C(=O)N2CCCCC2)S(C)(=O)=O)cc1. The quantitative estimate of drug-likeness (QED) is 0.853. The summed E-state index contributed by atoms with van der Waals surface area (Å²) in [5.74, 6) is -0.120. The molecule has 1 saturated heterocycles. The molecule has 1 amide bonds. The molecule has 0 radical (unpaired) electrons. The monoisotopic (exact) mass is 324 g/mol. The summed E-state index contributed by atoms with van der Waals surface area (Å²) in [6.07, 6.45) is 4.25. The highest BCUT2D eigenvalue weighted by Crippen LogP contribution is 2.23. The lowest BCUT2D eigenvalue weighted by Crippen LogP contribution is -2.50. The van der Waals surface area contributed by atoms with Gasteiger partial charge in [0.15, 0.2) is 0 Å². The van der Waals surface area contributed by atoms with Crippen molar-refractivity contribution in [1.29, 1.82) is 0 Å². The van der Waals surface area contributed by atoms with E-state index in [9.17, 15) is 13.2 Å². The fourth-order valence-corrected chi connectivity index (χ4v) is 4.04. The molecule has 0 spiro atoms. The van der Waals surface area contributed by atoms with E-state index in [4.69, 9.17) is 0 Å². The van der Waals surface area contributed by atoms with Crippen molar-refractivity contribution in [1.82, 2.24) is 4.90 Å². The van der Waals surface area contributed by atoms with E-state index in [1.54, 1.807) is 24.0 Å². The Kier molecular flexibility index (Phi) is 5.11. The van der Waals surface area contributed by atoms with Gasteiger partial charge in [-0.25, -0.2) is 8.42 Å². The molecule has 0 bridgehead atoms. The maximum absolute atomic E-state index is 12.6. The van der Waals surface area contributed by atoms with Crippen molar-refractivity contribution < 1.29 is 13.2 Å². The van der Waals surface area contributed by atoms with Crippen molar-refractivity contribution in [3.63, 3.8) is 0 Å². The van der Waals surface area contributed by atoms with Gasteiger partial charge in [-0.05, 0) is 45.2 Å². The molecule has 1 fully saturated rings. The smallest absolute Gasteiger partial charge is 0.246 e. The van der Waals surface area contributed by atoms with Crippen molar-refractivity contribution in [2.45, 2.75) is 39.2 Å². The van der Waals surface area contributed by atoms with Crippen molar-refractivity contribution in [2.24, 2.45) is 0 Å². The van der Waals surface area contributed by atoms with Crippen LogP contribution in [0.1, 0.15) is 31.7 Å². The Hall–Kier alpha value is -1.56. The van der Waals surface area contributed by atoms with Crippen LogP contribution in [0.25, 0.3) is 0 Å². The van der Waals surface area contributed by atoms with E-state index in [1.807, 2.05) is 19.1 Å². The highest BCUT2D eigenvalue weighted by molar-refractivity contribution is 7.92. The number of anilines is 1. The summed E-state index contributed by atoms with van der Waals surface area (Å²) in [5, 5.41) is 0. The largest absolute Gasteiger partial charge is 0.341 e. The molecule has 22 heavy (non-hydrogen) atoms. The number of carbonyl (C=O) groups excluding carboxylic acids is 1. The van der Waals surface area contributed by atoms with E-state index in [-0.39, 0.29) is 5.91 Å². The average Bonchev–Trinajstić information content (AvgIpc) is 2.48. The number of hydrogen-bond donors (Lipinski definition) is 0. The second-order valence-electron chi connectivity index (χ2n) is 5.96. The highest BCUT2D eigenvalue weighted by Gasteiger charge is 2.32. The molecule has 0 aromatic heterocycles. The number of sulfonamides is 1. The van der Waals surface area contributed by atoms with Gasteiger partial charge in [-0.1, -0.05) is 17.7 Å². The lowest BCUT2D eigenvalue weighted by Gasteiger charge is -2.34. The van der Waals surface area contributed by atoms with Gasteiger partial charge in [0.2, 0.25) is 15.9 Å². The molecule has 0 unspecified atom stereocenters. The van der Waals surface area contributed by atoms with E-state index >= 15 is 0 Å². The zero-order valence-corrected chi connectivity index (χ0v) is 14.3. The molecule has 1 aromatic rings. The van der Waals surface area contributed by atoms with E-state index in [1.165, 1.54) is 4.31 Å². The molecule has 6 heteroatoms. The molecule has 1 atom stereocenters. The molecule has 0 N–H and O–H groups in total. The first-order valence-electron chi connectivity index (χ1n) is 7.65. The summed E-state index contributed by atoms with van der Waals surface area (Å²) >= 11 is 0. The number of amides is 1. The Labute approximate surface area is 133 Å². The van der Waals surface area contributed by atoms with Crippen LogP contribution in [-0.4, -0.2) is 44.6 Å². The minimum Gasteiger partial charge on any atom is -0.341 e. The van der Waals surface area contributed by atoms with Crippen LogP contribution in [0.5, 0.6) is 0 Å². The van der Waals surface area contributed by atoms with Gasteiger partial charge in [0, 0.05) is 13.1 Å². The van der Waals surface area contributed by atoms with Crippen LogP contribution in [0.15, 0.2) is 24.3 Å². The van der Waals surface area contributed by atoms with Crippen LogP contribution in [0.3, 0.4) is 0 Å². The first-order chi connectivity index (χ1) is 10.3. The Morgan fingerprint density at radius 3 is 2.18 bits per heavy atom. The number of nitrogens with zero attached hydrogens (tertiary/aromatic N) is 2. The number of hydrogen-bond acceptors (Lipinski definition) is 3. The Morgan fingerprint density at radius 2 is 1.68 bits per heavy atom. The zero-order valence-electron chi connectivity index (χ0n) is 13.4. The Bertz CT molecular complexity index is 619. The van der Waals surface area contributed by atoms with Gasteiger partial charge in [-0.15, -0.1) is 0 Å². The number of benzene rings is 1. The van der Waals surface area contributed by atoms with E-state index in [0.29, 0.717) is 18.8 Å². The summed E-state index contributed by atoms with van der Waals surface area (Å²) in [6.45, 7) is 5.04. The third-order valence-electron chi connectivity index (χ3n) is 4.02. The molecule has 1 aliphatic rings. The predicted octanol–water partition coefficient (Wildman–Crippen LogP) is 2.16. The van der Waals surface area contributed by atoms with Crippen LogP contribution in [-0.2, 0) is 14.8 Å². The summed E-state index contributed by atoms with van der Waals surface area (Å²) in [6, 6.07) is 6.47. The summed E-state index contributed by atoms with van der Waals surface area (Å²) in [4.78, 5) is 14.4. The number of carbonyl (C=O) groups is 1. The Balaban J connectivity index is 2.29. The van der Waals surface area contributed by atoms with Crippen molar-refractivity contribution in [3.05, 3.63) is 29.8 Å². The van der Waals surface area contributed by atoms with E-state index in [2.05, 4.69) is 0 Å². The third-order valence-corrected chi connectivity index (χ3v) is 5.26. The van der Waals surface area contributed by atoms with Gasteiger partial charge in [-0.3, -0.25) is 9.10 Å². The molecule has 1 heterocycles. The maximum Gasteiger partial charge on any atom is 0.246 e. The first kappa shape index (κ1) is 16.8. The fourth-order valence-electron chi connectivity index (χ4n) is 2.87. The maximum atomic E-state index is 12.6. The summed E-state index contributed by atoms with van der Waals surface area (Å²) in [7, 11) is -3.53. The molecule has 1 aromatic carbocycles. The number of rotatable bonds is 4. The van der Waals surface area contributed by atoms with E-state index < -0.39 is 16.1 Å². The molecule has 5 nitrogen and oxygen atoms in total. The topological polar surface area (TPSA) is 57.7 Å². The fraction of sp³-hybridized carbons (Fsp3) is 0.562. The molecular weight excluding hydrogens is 300 g/mol. The molecule has 1 aliphatic heterocycles. The van der Waals surface area contributed by atoms with Gasteiger partial charge in [0.25, 0.3) is 0 Å². The zero-order chi connectivity index (χ0) is 16.3. The number of aryl methyl sites for hydroxylation is 1. The van der Waals surface area contributed by atoms with Gasteiger partial charge < -0.3 is 4.90 Å². The molecule has 0 aliphatic carbocycles.